The predicted octanol–water partition coefficient (Wildman–Crippen LogP) is 3.44. The Hall–Kier alpha value is -1.45. The van der Waals surface area contributed by atoms with Crippen molar-refractivity contribution in [3.63, 3.8) is 0 Å². The van der Waals surface area contributed by atoms with Gasteiger partial charge >= 0.3 is 6.18 Å². The molecular weight excluding hydrogens is 205 g/mol. The Balaban J connectivity index is 3.22. The van der Waals surface area contributed by atoms with Crippen LogP contribution in [0.3, 0.4) is 0 Å². The second kappa shape index (κ2) is 4.38. The van der Waals surface area contributed by atoms with Crippen LogP contribution in [-0.2, 0) is 6.18 Å². The first-order valence-corrected chi connectivity index (χ1v) is 4.36. The first kappa shape index (κ1) is 11.6. The van der Waals surface area contributed by atoms with E-state index in [1.54, 1.807) is 6.92 Å². The van der Waals surface area contributed by atoms with Gasteiger partial charge in [0.15, 0.2) is 0 Å². The van der Waals surface area contributed by atoms with Crippen LogP contribution in [0.5, 0.6) is 5.75 Å². The summed E-state index contributed by atoms with van der Waals surface area (Å²) in [6.07, 6.45) is -2.02. The Bertz CT molecular complexity index is 355. The predicted molar refractivity (Wildman–Crippen MR) is 50.6 cm³/mol. The molecule has 0 unspecified atom stereocenters. The zero-order valence-electron chi connectivity index (χ0n) is 8.19. The molecule has 0 N–H and O–H groups in total. The fraction of sp³-hybridized carbons (Fsp3) is 0.273. The van der Waals surface area contributed by atoms with Gasteiger partial charge in [0.25, 0.3) is 0 Å². The van der Waals surface area contributed by atoms with Gasteiger partial charge < -0.3 is 4.74 Å². The standard InChI is InChI=1S/C11H10F3O/c1-3-8-5-6-10(15-4-2)9(7-8)11(12,13)14/h5-7H,1,4H2,2H3. The normalized spacial score (nSPS) is 11.2. The van der Waals surface area contributed by atoms with Gasteiger partial charge in [0.2, 0.25) is 0 Å². The molecule has 1 aromatic rings. The van der Waals surface area contributed by atoms with E-state index in [0.29, 0.717) is 5.56 Å². The number of hydrogen-bond donors (Lipinski definition) is 0. The molecule has 0 saturated heterocycles. The summed E-state index contributed by atoms with van der Waals surface area (Å²) in [6.45, 7) is 5.12. The van der Waals surface area contributed by atoms with E-state index in [0.717, 1.165) is 6.07 Å². The molecule has 0 saturated carbocycles. The first-order valence-electron chi connectivity index (χ1n) is 4.36. The highest BCUT2D eigenvalue weighted by Gasteiger charge is 2.34. The maximum absolute atomic E-state index is 12.6. The quantitative estimate of drug-likeness (QED) is 0.750. The molecule has 0 bridgehead atoms. The molecule has 0 aliphatic heterocycles. The Morgan fingerprint density at radius 3 is 2.53 bits per heavy atom. The molecule has 1 nitrogen and oxygen atoms in total. The Morgan fingerprint density at radius 2 is 2.07 bits per heavy atom. The van der Waals surface area contributed by atoms with E-state index in [1.165, 1.54) is 12.1 Å². The molecule has 0 spiro atoms. The lowest BCUT2D eigenvalue weighted by Gasteiger charge is -2.13. The number of alkyl halides is 3. The SMILES string of the molecule is C=[C]c1ccc(OCC)c(C(F)(F)F)c1. The fourth-order valence-electron chi connectivity index (χ4n) is 1.14. The molecule has 0 fully saturated rings. The van der Waals surface area contributed by atoms with Crippen molar-refractivity contribution in [1.82, 2.24) is 0 Å². The van der Waals surface area contributed by atoms with Crippen molar-refractivity contribution >= 4 is 0 Å². The van der Waals surface area contributed by atoms with Gasteiger partial charge in [-0.3, -0.25) is 0 Å². The number of rotatable bonds is 3. The van der Waals surface area contributed by atoms with Crippen molar-refractivity contribution in [2.24, 2.45) is 0 Å². The van der Waals surface area contributed by atoms with Crippen molar-refractivity contribution in [2.45, 2.75) is 13.1 Å². The summed E-state index contributed by atoms with van der Waals surface area (Å²) in [5, 5.41) is 0. The average molecular weight is 215 g/mol. The maximum atomic E-state index is 12.6. The van der Waals surface area contributed by atoms with E-state index in [9.17, 15) is 13.2 Å². The van der Waals surface area contributed by atoms with Gasteiger partial charge in [-0.1, -0.05) is 12.6 Å². The van der Waals surface area contributed by atoms with E-state index >= 15 is 0 Å². The molecule has 0 aromatic heterocycles. The van der Waals surface area contributed by atoms with Gasteiger partial charge in [-0.2, -0.15) is 13.2 Å². The van der Waals surface area contributed by atoms with Crippen molar-refractivity contribution in [3.8, 4) is 5.75 Å². The number of hydrogen-bond acceptors (Lipinski definition) is 1. The van der Waals surface area contributed by atoms with Crippen LogP contribution in [-0.4, -0.2) is 6.61 Å². The molecule has 0 heterocycles. The summed E-state index contributed by atoms with van der Waals surface area (Å²) in [4.78, 5) is 0. The van der Waals surface area contributed by atoms with E-state index < -0.39 is 11.7 Å². The highest BCUT2D eigenvalue weighted by molar-refractivity contribution is 5.41. The summed E-state index contributed by atoms with van der Waals surface area (Å²) in [5.74, 6) is -0.163. The molecule has 4 heteroatoms. The molecule has 0 amide bonds. The summed E-state index contributed by atoms with van der Waals surface area (Å²) < 4.78 is 42.6. The summed E-state index contributed by atoms with van der Waals surface area (Å²) in [5.41, 5.74) is -0.497. The largest absolute Gasteiger partial charge is 0.493 e. The summed E-state index contributed by atoms with van der Waals surface area (Å²) in [7, 11) is 0. The van der Waals surface area contributed by atoms with Gasteiger partial charge in [0.05, 0.1) is 12.2 Å². The number of halogens is 3. The monoisotopic (exact) mass is 215 g/mol. The van der Waals surface area contributed by atoms with E-state index in [-0.39, 0.29) is 12.4 Å². The van der Waals surface area contributed by atoms with Gasteiger partial charge in [0, 0.05) is 0 Å². The van der Waals surface area contributed by atoms with Crippen LogP contribution in [0.25, 0.3) is 0 Å². The molecule has 0 atom stereocenters. The van der Waals surface area contributed by atoms with Gasteiger partial charge in [-0.05, 0) is 30.7 Å². The van der Waals surface area contributed by atoms with Crippen LogP contribution >= 0.6 is 0 Å². The fourth-order valence-corrected chi connectivity index (χ4v) is 1.14. The minimum absolute atomic E-state index is 0.163. The zero-order chi connectivity index (χ0) is 11.5. The number of ether oxygens (including phenoxy) is 1. The topological polar surface area (TPSA) is 9.23 Å². The Kier molecular flexibility index (Phi) is 3.39. The first-order chi connectivity index (χ1) is 6.99. The van der Waals surface area contributed by atoms with Crippen LogP contribution in [0, 0.1) is 6.08 Å². The van der Waals surface area contributed by atoms with E-state index in [2.05, 4.69) is 12.7 Å². The highest BCUT2D eigenvalue weighted by Crippen LogP contribution is 2.36. The average Bonchev–Trinajstić information content (AvgIpc) is 2.17. The smallest absolute Gasteiger partial charge is 0.419 e. The van der Waals surface area contributed by atoms with Crippen molar-refractivity contribution in [3.05, 3.63) is 42.0 Å². The second-order valence-corrected chi connectivity index (χ2v) is 2.82. The third-order valence-electron chi connectivity index (χ3n) is 1.79. The lowest BCUT2D eigenvalue weighted by atomic mass is 10.1. The van der Waals surface area contributed by atoms with Crippen molar-refractivity contribution in [2.75, 3.05) is 6.61 Å². The number of benzene rings is 1. The van der Waals surface area contributed by atoms with Crippen LogP contribution in [0.2, 0.25) is 0 Å². The van der Waals surface area contributed by atoms with Gasteiger partial charge in [-0.15, -0.1) is 0 Å². The van der Waals surface area contributed by atoms with Gasteiger partial charge in [-0.25, -0.2) is 0 Å². The van der Waals surface area contributed by atoms with Crippen LogP contribution in [0.1, 0.15) is 18.1 Å². The van der Waals surface area contributed by atoms with E-state index in [4.69, 9.17) is 4.74 Å². The van der Waals surface area contributed by atoms with Crippen LogP contribution in [0.4, 0.5) is 13.2 Å². The lowest BCUT2D eigenvalue weighted by Crippen LogP contribution is -2.09. The molecule has 0 aliphatic carbocycles. The lowest BCUT2D eigenvalue weighted by molar-refractivity contribution is -0.138. The van der Waals surface area contributed by atoms with Crippen molar-refractivity contribution in [1.29, 1.82) is 0 Å². The maximum Gasteiger partial charge on any atom is 0.419 e. The zero-order valence-corrected chi connectivity index (χ0v) is 8.19. The third kappa shape index (κ3) is 2.75. The molecule has 15 heavy (non-hydrogen) atoms. The highest BCUT2D eigenvalue weighted by atomic mass is 19.4. The van der Waals surface area contributed by atoms with Crippen LogP contribution < -0.4 is 4.74 Å². The minimum Gasteiger partial charge on any atom is -0.493 e. The summed E-state index contributed by atoms with van der Waals surface area (Å²) >= 11 is 0. The minimum atomic E-state index is -4.42. The Labute approximate surface area is 86.2 Å². The molecular formula is C11H10F3O. The van der Waals surface area contributed by atoms with Crippen LogP contribution in [0.15, 0.2) is 24.8 Å². The molecule has 1 rings (SSSR count). The third-order valence-corrected chi connectivity index (χ3v) is 1.79. The van der Waals surface area contributed by atoms with E-state index in [1.807, 2.05) is 0 Å². The Morgan fingerprint density at radius 1 is 1.40 bits per heavy atom. The summed E-state index contributed by atoms with van der Waals surface area (Å²) in [6, 6.07) is 3.73. The molecule has 0 aliphatic rings. The molecule has 81 valence electrons. The van der Waals surface area contributed by atoms with Gasteiger partial charge in [0.1, 0.15) is 5.75 Å². The molecule has 1 aromatic carbocycles. The van der Waals surface area contributed by atoms with Crippen molar-refractivity contribution < 1.29 is 17.9 Å². The molecule has 1 radical (unpaired) electrons. The second-order valence-electron chi connectivity index (χ2n) is 2.82.